The number of fused-ring (bicyclic) bond motifs is 1. The van der Waals surface area contributed by atoms with Crippen LogP contribution in [0.25, 0.3) is 11.0 Å². The molecule has 0 amide bonds. The van der Waals surface area contributed by atoms with E-state index in [9.17, 15) is 8.42 Å². The number of hydrogen-bond acceptors (Lipinski definition) is 3. The van der Waals surface area contributed by atoms with Crippen LogP contribution in [0.5, 0.6) is 0 Å². The predicted molar refractivity (Wildman–Crippen MR) is 66.7 cm³/mol. The van der Waals surface area contributed by atoms with Crippen molar-refractivity contribution in [3.63, 3.8) is 0 Å². The molecular formula is C10H12ClNO3S. The highest BCUT2D eigenvalue weighted by Crippen LogP contribution is 2.24. The highest BCUT2D eigenvalue weighted by molar-refractivity contribution is 7.92. The summed E-state index contributed by atoms with van der Waals surface area (Å²) < 4.78 is 29.7. The molecule has 88 valence electrons. The third-order valence-electron chi connectivity index (χ3n) is 2.07. The Bertz CT molecular complexity index is 604. The number of halogens is 1. The van der Waals surface area contributed by atoms with Crippen molar-refractivity contribution in [2.24, 2.45) is 0 Å². The highest BCUT2D eigenvalue weighted by atomic mass is 35.5. The van der Waals surface area contributed by atoms with E-state index in [1.165, 1.54) is 0 Å². The zero-order valence-electron chi connectivity index (χ0n) is 8.85. The molecular weight excluding hydrogens is 250 g/mol. The van der Waals surface area contributed by atoms with Gasteiger partial charge in [-0.3, -0.25) is 4.72 Å². The molecule has 1 aromatic heterocycles. The van der Waals surface area contributed by atoms with Crippen LogP contribution in [0.3, 0.4) is 0 Å². The van der Waals surface area contributed by atoms with E-state index in [1.807, 2.05) is 6.92 Å². The van der Waals surface area contributed by atoms with Crippen LogP contribution in [0.15, 0.2) is 28.9 Å². The fraction of sp³-hybridized carbons (Fsp3) is 0.200. The maximum atomic E-state index is 11.0. The number of hydrogen-bond donors (Lipinski definition) is 1. The van der Waals surface area contributed by atoms with E-state index < -0.39 is 10.0 Å². The van der Waals surface area contributed by atoms with E-state index in [0.717, 1.165) is 22.8 Å². The van der Waals surface area contributed by atoms with Crippen molar-refractivity contribution in [3.05, 3.63) is 30.0 Å². The number of aryl methyl sites for hydroxylation is 1. The van der Waals surface area contributed by atoms with E-state index in [0.29, 0.717) is 5.69 Å². The second kappa shape index (κ2) is 4.35. The molecule has 0 fully saturated rings. The topological polar surface area (TPSA) is 59.3 Å². The van der Waals surface area contributed by atoms with Gasteiger partial charge in [-0.15, -0.1) is 12.4 Å². The first-order valence-corrected chi connectivity index (χ1v) is 6.30. The van der Waals surface area contributed by atoms with E-state index in [2.05, 4.69) is 4.72 Å². The van der Waals surface area contributed by atoms with Gasteiger partial charge in [-0.25, -0.2) is 8.42 Å². The summed E-state index contributed by atoms with van der Waals surface area (Å²) in [6.45, 7) is 1.91. The van der Waals surface area contributed by atoms with Gasteiger partial charge < -0.3 is 4.42 Å². The van der Waals surface area contributed by atoms with Crippen LogP contribution in [0.4, 0.5) is 5.69 Å². The molecule has 0 aliphatic rings. The molecule has 1 aromatic carbocycles. The minimum Gasteiger partial charge on any atom is -0.464 e. The Hall–Kier alpha value is -1.20. The first-order chi connectivity index (χ1) is 6.96. The number of nitrogens with one attached hydrogen (secondary N) is 1. The minimum absolute atomic E-state index is 0. The predicted octanol–water partition coefficient (Wildman–Crippen LogP) is 2.53. The Morgan fingerprint density at radius 1 is 1.31 bits per heavy atom. The molecule has 0 saturated heterocycles. The Labute approximate surface area is 100 Å². The molecule has 0 atom stereocenters. The maximum Gasteiger partial charge on any atom is 0.229 e. The van der Waals surface area contributed by atoms with Gasteiger partial charge in [0.15, 0.2) is 0 Å². The number of benzene rings is 1. The molecule has 0 bridgehead atoms. The van der Waals surface area contributed by atoms with Crippen LogP contribution < -0.4 is 4.72 Å². The van der Waals surface area contributed by atoms with Crippen molar-refractivity contribution in [2.75, 3.05) is 11.0 Å². The molecule has 0 radical (unpaired) electrons. The average Bonchev–Trinajstić information content (AvgIpc) is 2.45. The average molecular weight is 262 g/mol. The summed E-state index contributed by atoms with van der Waals surface area (Å²) in [5, 5.41) is 0.920. The largest absolute Gasteiger partial charge is 0.464 e. The summed E-state index contributed by atoms with van der Waals surface area (Å²) in [6, 6.07) is 5.18. The van der Waals surface area contributed by atoms with Crippen molar-refractivity contribution < 1.29 is 12.8 Å². The van der Waals surface area contributed by atoms with Crippen LogP contribution in [-0.2, 0) is 10.0 Å². The molecule has 1 heterocycles. The van der Waals surface area contributed by atoms with Crippen LogP contribution in [0.1, 0.15) is 5.56 Å². The molecule has 0 aliphatic heterocycles. The SMILES string of the molecule is Cc1coc2ccc(NS(C)(=O)=O)cc12.Cl. The van der Waals surface area contributed by atoms with Gasteiger partial charge in [-0.2, -0.15) is 0 Å². The van der Waals surface area contributed by atoms with E-state index in [4.69, 9.17) is 4.42 Å². The molecule has 2 aromatic rings. The van der Waals surface area contributed by atoms with Crippen molar-refractivity contribution in [2.45, 2.75) is 6.92 Å². The van der Waals surface area contributed by atoms with E-state index in [-0.39, 0.29) is 12.4 Å². The second-order valence-corrected chi connectivity index (χ2v) is 5.25. The standard InChI is InChI=1S/C10H11NO3S.ClH/c1-7-6-14-10-4-3-8(5-9(7)10)11-15(2,12)13;/h3-6,11H,1-2H3;1H. The van der Waals surface area contributed by atoms with Crippen LogP contribution in [0.2, 0.25) is 0 Å². The molecule has 1 N–H and O–H groups in total. The normalized spacial score (nSPS) is 11.1. The Balaban J connectivity index is 0.00000128. The van der Waals surface area contributed by atoms with Crippen molar-refractivity contribution in [1.29, 1.82) is 0 Å². The van der Waals surface area contributed by atoms with Gasteiger partial charge in [0.05, 0.1) is 12.5 Å². The van der Waals surface area contributed by atoms with Crippen LogP contribution in [-0.4, -0.2) is 14.7 Å². The Morgan fingerprint density at radius 2 is 2.00 bits per heavy atom. The lowest BCUT2D eigenvalue weighted by molar-refractivity contribution is 0.606. The van der Waals surface area contributed by atoms with Gasteiger partial charge in [0.2, 0.25) is 10.0 Å². The van der Waals surface area contributed by atoms with Crippen LogP contribution in [0, 0.1) is 6.92 Å². The van der Waals surface area contributed by atoms with Gasteiger partial charge in [0.25, 0.3) is 0 Å². The number of sulfonamides is 1. The van der Waals surface area contributed by atoms with Crippen LogP contribution >= 0.6 is 12.4 Å². The molecule has 2 rings (SSSR count). The number of furan rings is 1. The first-order valence-electron chi connectivity index (χ1n) is 4.41. The molecule has 0 spiro atoms. The molecule has 0 aliphatic carbocycles. The van der Waals surface area contributed by atoms with E-state index in [1.54, 1.807) is 24.5 Å². The van der Waals surface area contributed by atoms with Gasteiger partial charge in [0.1, 0.15) is 5.58 Å². The summed E-state index contributed by atoms with van der Waals surface area (Å²) in [5.41, 5.74) is 2.29. The third-order valence-corrected chi connectivity index (χ3v) is 2.68. The summed E-state index contributed by atoms with van der Waals surface area (Å²) in [6.07, 6.45) is 2.77. The lowest BCUT2D eigenvalue weighted by atomic mass is 10.2. The fourth-order valence-corrected chi connectivity index (χ4v) is 1.99. The molecule has 16 heavy (non-hydrogen) atoms. The Kier molecular flexibility index (Phi) is 3.50. The first kappa shape index (κ1) is 12.9. The summed E-state index contributed by atoms with van der Waals surface area (Å²) in [4.78, 5) is 0. The summed E-state index contributed by atoms with van der Waals surface area (Å²) >= 11 is 0. The van der Waals surface area contributed by atoms with Gasteiger partial charge in [-0.05, 0) is 30.7 Å². The van der Waals surface area contributed by atoms with Crippen molar-refractivity contribution >= 4 is 39.1 Å². The zero-order chi connectivity index (χ0) is 11.1. The Morgan fingerprint density at radius 3 is 2.62 bits per heavy atom. The molecule has 0 saturated carbocycles. The fourth-order valence-electron chi connectivity index (χ4n) is 1.43. The van der Waals surface area contributed by atoms with Gasteiger partial charge >= 0.3 is 0 Å². The van der Waals surface area contributed by atoms with E-state index >= 15 is 0 Å². The molecule has 6 heteroatoms. The maximum absolute atomic E-state index is 11.0. The third kappa shape index (κ3) is 2.68. The van der Waals surface area contributed by atoms with Gasteiger partial charge in [0, 0.05) is 11.1 Å². The zero-order valence-corrected chi connectivity index (χ0v) is 10.5. The lowest BCUT2D eigenvalue weighted by Gasteiger charge is -2.02. The molecule has 4 nitrogen and oxygen atoms in total. The van der Waals surface area contributed by atoms with Gasteiger partial charge in [-0.1, -0.05) is 0 Å². The smallest absolute Gasteiger partial charge is 0.229 e. The van der Waals surface area contributed by atoms with Crippen molar-refractivity contribution in [3.8, 4) is 0 Å². The minimum atomic E-state index is -3.22. The monoisotopic (exact) mass is 261 g/mol. The van der Waals surface area contributed by atoms with Crippen molar-refractivity contribution in [1.82, 2.24) is 0 Å². The summed E-state index contributed by atoms with van der Waals surface area (Å²) in [5.74, 6) is 0. The summed E-state index contributed by atoms with van der Waals surface area (Å²) in [7, 11) is -3.22. The number of rotatable bonds is 2. The molecule has 0 unspecified atom stereocenters. The lowest BCUT2D eigenvalue weighted by Crippen LogP contribution is -2.09. The second-order valence-electron chi connectivity index (χ2n) is 3.50. The highest BCUT2D eigenvalue weighted by Gasteiger charge is 2.05. The quantitative estimate of drug-likeness (QED) is 0.904. The number of anilines is 1.